The topological polar surface area (TPSA) is 39.7 Å². The van der Waals surface area contributed by atoms with Crippen molar-refractivity contribution < 1.29 is 0 Å². The summed E-state index contributed by atoms with van der Waals surface area (Å²) in [5.41, 5.74) is 3.76. The van der Waals surface area contributed by atoms with Gasteiger partial charge in [0.1, 0.15) is 0 Å². The molecule has 0 amide bonds. The number of guanidine groups is 1. The van der Waals surface area contributed by atoms with Gasteiger partial charge in [0.25, 0.3) is 0 Å². The zero-order chi connectivity index (χ0) is 18.2. The Balaban J connectivity index is 1.42. The minimum atomic E-state index is 0.749. The van der Waals surface area contributed by atoms with E-state index in [1.54, 1.807) is 7.05 Å². The van der Waals surface area contributed by atoms with Gasteiger partial charge in [0.2, 0.25) is 0 Å². The smallest absolute Gasteiger partial charge is 0.191 e. The van der Waals surface area contributed by atoms with E-state index in [0.29, 0.717) is 0 Å². The van der Waals surface area contributed by atoms with Crippen molar-refractivity contribution in [2.24, 2.45) is 4.99 Å². The molecule has 0 saturated heterocycles. The molecule has 3 rings (SSSR count). The summed E-state index contributed by atoms with van der Waals surface area (Å²) in [5, 5.41) is 7.48. The molecule has 26 heavy (non-hydrogen) atoms. The average molecular weight is 369 g/mol. The Kier molecular flexibility index (Phi) is 6.56. The van der Waals surface area contributed by atoms with Crippen molar-refractivity contribution in [3.63, 3.8) is 0 Å². The lowest BCUT2D eigenvalue weighted by Gasteiger charge is -2.18. The summed E-state index contributed by atoms with van der Waals surface area (Å²) in [5.74, 6) is 0.812. The molecule has 2 aromatic rings. The highest BCUT2D eigenvalue weighted by atomic mass is 35.5. The van der Waals surface area contributed by atoms with Gasteiger partial charge in [0.15, 0.2) is 5.96 Å². The van der Waals surface area contributed by atoms with Gasteiger partial charge in [-0.05, 0) is 41.8 Å². The standard InChI is InChI=1S/C21H25ClN4/c1-23-21(24-13-12-17-4-8-19(22)9-5-17)25-16-18-6-10-20(11-7-18)26-14-2-3-15-26/h2-11H,12-16H2,1H3,(H2,23,24,25). The van der Waals surface area contributed by atoms with Crippen LogP contribution in [0.25, 0.3) is 0 Å². The summed E-state index contributed by atoms with van der Waals surface area (Å²) < 4.78 is 0. The zero-order valence-corrected chi connectivity index (χ0v) is 15.8. The third-order valence-electron chi connectivity index (χ3n) is 4.42. The van der Waals surface area contributed by atoms with Crippen molar-refractivity contribution in [1.29, 1.82) is 0 Å². The van der Waals surface area contributed by atoms with E-state index in [9.17, 15) is 0 Å². The van der Waals surface area contributed by atoms with Crippen LogP contribution >= 0.6 is 11.6 Å². The molecule has 0 fully saturated rings. The fourth-order valence-corrected chi connectivity index (χ4v) is 3.02. The van der Waals surface area contributed by atoms with Crippen LogP contribution in [0.3, 0.4) is 0 Å². The SMILES string of the molecule is CN=C(NCCc1ccc(Cl)cc1)NCc1ccc(N2CC=CC2)cc1. The third kappa shape index (κ3) is 5.27. The summed E-state index contributed by atoms with van der Waals surface area (Å²) in [7, 11) is 1.79. The summed E-state index contributed by atoms with van der Waals surface area (Å²) in [6.07, 6.45) is 5.33. The molecule has 2 aromatic carbocycles. The van der Waals surface area contributed by atoms with Crippen molar-refractivity contribution in [2.45, 2.75) is 13.0 Å². The van der Waals surface area contributed by atoms with E-state index in [0.717, 1.165) is 43.6 Å². The molecule has 136 valence electrons. The third-order valence-corrected chi connectivity index (χ3v) is 4.67. The Morgan fingerprint density at radius 2 is 1.62 bits per heavy atom. The number of anilines is 1. The van der Waals surface area contributed by atoms with E-state index < -0.39 is 0 Å². The van der Waals surface area contributed by atoms with Crippen LogP contribution in [0.1, 0.15) is 11.1 Å². The summed E-state index contributed by atoms with van der Waals surface area (Å²) in [6.45, 7) is 3.57. The minimum Gasteiger partial charge on any atom is -0.364 e. The number of benzene rings is 2. The molecule has 0 aliphatic carbocycles. The van der Waals surface area contributed by atoms with Crippen molar-refractivity contribution in [2.75, 3.05) is 31.6 Å². The Morgan fingerprint density at radius 1 is 0.962 bits per heavy atom. The first-order valence-corrected chi connectivity index (χ1v) is 9.30. The summed E-state index contributed by atoms with van der Waals surface area (Å²) >= 11 is 5.91. The number of nitrogens with one attached hydrogen (secondary N) is 2. The molecule has 0 spiro atoms. The van der Waals surface area contributed by atoms with Crippen LogP contribution in [-0.4, -0.2) is 32.6 Å². The van der Waals surface area contributed by atoms with Crippen LogP contribution in [0.15, 0.2) is 65.7 Å². The van der Waals surface area contributed by atoms with E-state index >= 15 is 0 Å². The molecule has 0 unspecified atom stereocenters. The highest BCUT2D eigenvalue weighted by molar-refractivity contribution is 6.30. The molecule has 0 aromatic heterocycles. The molecule has 1 aliphatic heterocycles. The van der Waals surface area contributed by atoms with Crippen LogP contribution < -0.4 is 15.5 Å². The second-order valence-electron chi connectivity index (χ2n) is 6.27. The van der Waals surface area contributed by atoms with Gasteiger partial charge in [0.05, 0.1) is 0 Å². The molecule has 0 radical (unpaired) electrons. The molecule has 5 heteroatoms. The molecular weight excluding hydrogens is 344 g/mol. The number of nitrogens with zero attached hydrogens (tertiary/aromatic N) is 2. The lowest BCUT2D eigenvalue weighted by atomic mass is 10.1. The lowest BCUT2D eigenvalue weighted by Crippen LogP contribution is -2.37. The highest BCUT2D eigenvalue weighted by Crippen LogP contribution is 2.17. The number of hydrogen-bond donors (Lipinski definition) is 2. The molecule has 1 aliphatic rings. The summed E-state index contributed by atoms with van der Waals surface area (Å²) in [6, 6.07) is 16.7. The monoisotopic (exact) mass is 368 g/mol. The van der Waals surface area contributed by atoms with E-state index in [4.69, 9.17) is 11.6 Å². The van der Waals surface area contributed by atoms with Crippen molar-refractivity contribution >= 4 is 23.2 Å². The van der Waals surface area contributed by atoms with Gasteiger partial charge in [0, 0.05) is 43.9 Å². The Labute approximate surface area is 160 Å². The molecule has 0 bridgehead atoms. The molecule has 2 N–H and O–H groups in total. The van der Waals surface area contributed by atoms with E-state index in [2.05, 4.69) is 69.1 Å². The first-order valence-electron chi connectivity index (χ1n) is 8.92. The maximum absolute atomic E-state index is 5.91. The predicted molar refractivity (Wildman–Crippen MR) is 111 cm³/mol. The number of halogens is 1. The molecule has 1 heterocycles. The fourth-order valence-electron chi connectivity index (χ4n) is 2.90. The molecule has 4 nitrogen and oxygen atoms in total. The van der Waals surface area contributed by atoms with Crippen molar-refractivity contribution in [3.05, 3.63) is 76.8 Å². The highest BCUT2D eigenvalue weighted by Gasteiger charge is 2.07. The Hall–Kier alpha value is -2.46. The van der Waals surface area contributed by atoms with Crippen molar-refractivity contribution in [3.8, 4) is 0 Å². The van der Waals surface area contributed by atoms with Gasteiger partial charge >= 0.3 is 0 Å². The minimum absolute atomic E-state index is 0.749. The zero-order valence-electron chi connectivity index (χ0n) is 15.1. The fraction of sp³-hybridized carbons (Fsp3) is 0.286. The first-order chi connectivity index (χ1) is 12.7. The predicted octanol–water partition coefficient (Wildman–Crippen LogP) is 3.62. The van der Waals surface area contributed by atoms with Gasteiger partial charge in [-0.25, -0.2) is 0 Å². The van der Waals surface area contributed by atoms with Gasteiger partial charge in [-0.3, -0.25) is 4.99 Å². The van der Waals surface area contributed by atoms with Crippen LogP contribution in [0.2, 0.25) is 5.02 Å². The normalized spacial score (nSPS) is 13.9. The first kappa shape index (κ1) is 18.3. The van der Waals surface area contributed by atoms with Gasteiger partial charge in [-0.1, -0.05) is 48.0 Å². The largest absolute Gasteiger partial charge is 0.364 e. The number of hydrogen-bond acceptors (Lipinski definition) is 2. The Morgan fingerprint density at radius 3 is 2.27 bits per heavy atom. The van der Waals surface area contributed by atoms with Gasteiger partial charge < -0.3 is 15.5 Å². The maximum Gasteiger partial charge on any atom is 0.191 e. The van der Waals surface area contributed by atoms with E-state index in [-0.39, 0.29) is 0 Å². The van der Waals surface area contributed by atoms with E-state index in [1.165, 1.54) is 16.8 Å². The van der Waals surface area contributed by atoms with Gasteiger partial charge in [-0.2, -0.15) is 0 Å². The number of rotatable bonds is 6. The second kappa shape index (κ2) is 9.30. The summed E-state index contributed by atoms with van der Waals surface area (Å²) in [4.78, 5) is 6.63. The van der Waals surface area contributed by atoms with Crippen molar-refractivity contribution in [1.82, 2.24) is 10.6 Å². The lowest BCUT2D eigenvalue weighted by molar-refractivity contribution is 0.794. The molecule has 0 atom stereocenters. The average Bonchev–Trinajstić information content (AvgIpc) is 3.21. The Bertz CT molecular complexity index is 743. The maximum atomic E-state index is 5.91. The van der Waals surface area contributed by atoms with Crippen LogP contribution in [0, 0.1) is 0 Å². The molecule has 0 saturated carbocycles. The van der Waals surface area contributed by atoms with Crippen LogP contribution in [0.5, 0.6) is 0 Å². The van der Waals surface area contributed by atoms with Crippen LogP contribution in [-0.2, 0) is 13.0 Å². The van der Waals surface area contributed by atoms with Gasteiger partial charge in [-0.15, -0.1) is 0 Å². The number of aliphatic imine (C=N–C) groups is 1. The quantitative estimate of drug-likeness (QED) is 0.464. The second-order valence-corrected chi connectivity index (χ2v) is 6.71. The van der Waals surface area contributed by atoms with E-state index in [1.807, 2.05) is 12.1 Å². The van der Waals surface area contributed by atoms with Crippen LogP contribution in [0.4, 0.5) is 5.69 Å². The molecular formula is C21H25ClN4.